The van der Waals surface area contributed by atoms with Crippen LogP contribution in [-0.4, -0.2) is 48.8 Å². The number of likely N-dealkylation sites (tertiary alicyclic amines) is 1. The lowest BCUT2D eigenvalue weighted by Gasteiger charge is -2.32. The Hall–Kier alpha value is -3.15. The SMILES string of the molecule is C#CCNS(=O)(=O)c1cccc(C(=O)N2CCC[C@H](c3nc4ccccc4[nH]3)C2)c1. The van der Waals surface area contributed by atoms with Gasteiger partial charge in [-0.2, -0.15) is 4.72 Å². The Kier molecular flexibility index (Phi) is 5.57. The van der Waals surface area contributed by atoms with E-state index in [0.717, 1.165) is 29.7 Å². The summed E-state index contributed by atoms with van der Waals surface area (Å²) in [6.07, 6.45) is 6.92. The first-order valence-electron chi connectivity index (χ1n) is 9.75. The van der Waals surface area contributed by atoms with Crippen LogP contribution in [0.5, 0.6) is 0 Å². The molecular formula is C22H22N4O3S. The maximum atomic E-state index is 13.1. The predicted octanol–water partition coefficient (Wildman–Crippen LogP) is 2.49. The van der Waals surface area contributed by atoms with Gasteiger partial charge in [-0.25, -0.2) is 13.4 Å². The van der Waals surface area contributed by atoms with Crippen molar-refractivity contribution in [3.05, 3.63) is 59.9 Å². The predicted molar refractivity (Wildman–Crippen MR) is 114 cm³/mol. The second-order valence-electron chi connectivity index (χ2n) is 7.29. The van der Waals surface area contributed by atoms with Gasteiger partial charge in [0.05, 0.1) is 22.5 Å². The molecule has 8 heteroatoms. The van der Waals surface area contributed by atoms with Crippen molar-refractivity contribution in [2.45, 2.75) is 23.7 Å². The fourth-order valence-electron chi connectivity index (χ4n) is 3.75. The lowest BCUT2D eigenvalue weighted by Crippen LogP contribution is -2.39. The molecule has 1 aromatic heterocycles. The maximum Gasteiger partial charge on any atom is 0.253 e. The van der Waals surface area contributed by atoms with Crippen LogP contribution < -0.4 is 4.72 Å². The molecule has 1 amide bonds. The van der Waals surface area contributed by atoms with Crippen LogP contribution in [0.2, 0.25) is 0 Å². The van der Waals surface area contributed by atoms with Gasteiger partial charge in [-0.3, -0.25) is 4.79 Å². The molecule has 0 unspecified atom stereocenters. The molecule has 1 aliphatic heterocycles. The number of terminal acetylenes is 1. The van der Waals surface area contributed by atoms with Crippen LogP contribution in [0.1, 0.15) is 34.9 Å². The van der Waals surface area contributed by atoms with Crippen molar-refractivity contribution in [3.63, 3.8) is 0 Å². The summed E-state index contributed by atoms with van der Waals surface area (Å²) in [7, 11) is -3.76. The molecule has 2 N–H and O–H groups in total. The average molecular weight is 423 g/mol. The largest absolute Gasteiger partial charge is 0.342 e. The number of amides is 1. The molecule has 0 aliphatic carbocycles. The Morgan fingerprint density at radius 3 is 2.90 bits per heavy atom. The van der Waals surface area contributed by atoms with Crippen LogP contribution in [0.25, 0.3) is 11.0 Å². The third-order valence-corrected chi connectivity index (χ3v) is 6.66. The smallest absolute Gasteiger partial charge is 0.253 e. The number of hydrogen-bond donors (Lipinski definition) is 2. The molecule has 0 spiro atoms. The molecule has 2 heterocycles. The normalized spacial score (nSPS) is 17.0. The molecule has 1 saturated heterocycles. The summed E-state index contributed by atoms with van der Waals surface area (Å²) in [5, 5.41) is 0. The first-order valence-corrected chi connectivity index (χ1v) is 11.2. The van der Waals surface area contributed by atoms with E-state index in [9.17, 15) is 13.2 Å². The zero-order chi connectivity index (χ0) is 21.1. The van der Waals surface area contributed by atoms with Gasteiger partial charge in [0.2, 0.25) is 10.0 Å². The number of imidazole rings is 1. The number of fused-ring (bicyclic) bond motifs is 1. The number of nitrogens with one attached hydrogen (secondary N) is 2. The molecule has 1 fully saturated rings. The topological polar surface area (TPSA) is 95.2 Å². The standard InChI is InChI=1S/C22H22N4O3S/c1-2-12-23-30(28,29)18-9-5-7-16(14-18)22(27)26-13-6-8-17(15-26)21-24-19-10-3-4-11-20(19)25-21/h1,3-5,7,9-11,14,17,23H,6,8,12-13,15H2,(H,24,25)/t17-/m0/s1. The van der Waals surface area contributed by atoms with E-state index in [-0.39, 0.29) is 23.3 Å². The number of aromatic amines is 1. The van der Waals surface area contributed by atoms with E-state index in [2.05, 4.69) is 20.6 Å². The zero-order valence-electron chi connectivity index (χ0n) is 16.3. The van der Waals surface area contributed by atoms with E-state index in [1.807, 2.05) is 24.3 Å². The number of rotatable bonds is 5. The van der Waals surface area contributed by atoms with E-state index in [1.54, 1.807) is 17.0 Å². The van der Waals surface area contributed by atoms with Gasteiger partial charge in [0, 0.05) is 24.6 Å². The molecule has 7 nitrogen and oxygen atoms in total. The van der Waals surface area contributed by atoms with Gasteiger partial charge >= 0.3 is 0 Å². The number of benzene rings is 2. The lowest BCUT2D eigenvalue weighted by atomic mass is 9.96. The summed E-state index contributed by atoms with van der Waals surface area (Å²) in [5.74, 6) is 3.04. The number of carbonyl (C=O) groups excluding carboxylic acids is 1. The van der Waals surface area contributed by atoms with Gasteiger partial charge in [0.25, 0.3) is 5.91 Å². The second kappa shape index (κ2) is 8.30. The van der Waals surface area contributed by atoms with Gasteiger partial charge in [0.15, 0.2) is 0 Å². The monoisotopic (exact) mass is 422 g/mol. The van der Waals surface area contributed by atoms with Crippen LogP contribution in [0.4, 0.5) is 0 Å². The number of sulfonamides is 1. The minimum absolute atomic E-state index is 0.0226. The number of para-hydroxylation sites is 2. The summed E-state index contributed by atoms with van der Waals surface area (Å²) >= 11 is 0. The summed E-state index contributed by atoms with van der Waals surface area (Å²) in [6, 6.07) is 13.9. The van der Waals surface area contributed by atoms with E-state index < -0.39 is 10.0 Å². The maximum absolute atomic E-state index is 13.1. The number of H-pyrrole nitrogens is 1. The molecular weight excluding hydrogens is 400 g/mol. The van der Waals surface area contributed by atoms with Crippen molar-refractivity contribution in [1.29, 1.82) is 0 Å². The minimum atomic E-state index is -3.76. The highest BCUT2D eigenvalue weighted by molar-refractivity contribution is 7.89. The van der Waals surface area contributed by atoms with Gasteiger partial charge in [-0.1, -0.05) is 24.1 Å². The molecule has 154 valence electrons. The van der Waals surface area contributed by atoms with Crippen molar-refractivity contribution in [2.75, 3.05) is 19.6 Å². The molecule has 2 aromatic carbocycles. The fraction of sp³-hybridized carbons (Fsp3) is 0.273. The number of piperidine rings is 1. The average Bonchev–Trinajstić information content (AvgIpc) is 3.22. The Labute approximate surface area is 175 Å². The fourth-order valence-corrected chi connectivity index (χ4v) is 4.73. The van der Waals surface area contributed by atoms with Gasteiger partial charge in [-0.15, -0.1) is 6.42 Å². The van der Waals surface area contributed by atoms with Crippen molar-refractivity contribution in [3.8, 4) is 12.3 Å². The van der Waals surface area contributed by atoms with Crippen molar-refractivity contribution >= 4 is 27.0 Å². The Bertz CT molecular complexity index is 1190. The summed E-state index contributed by atoms with van der Waals surface area (Å²) in [5.41, 5.74) is 2.23. The number of hydrogen-bond acceptors (Lipinski definition) is 4. The number of carbonyl (C=O) groups is 1. The third-order valence-electron chi connectivity index (χ3n) is 5.26. The first kappa shape index (κ1) is 20.1. The van der Waals surface area contributed by atoms with Gasteiger partial charge < -0.3 is 9.88 Å². The molecule has 30 heavy (non-hydrogen) atoms. The lowest BCUT2D eigenvalue weighted by molar-refractivity contribution is 0.0704. The Morgan fingerprint density at radius 2 is 2.10 bits per heavy atom. The molecule has 1 aliphatic rings. The zero-order valence-corrected chi connectivity index (χ0v) is 17.2. The summed E-state index contributed by atoms with van der Waals surface area (Å²) in [4.78, 5) is 22.9. The van der Waals surface area contributed by atoms with Gasteiger partial charge in [0.1, 0.15) is 5.82 Å². The molecule has 1 atom stereocenters. The molecule has 4 rings (SSSR count). The minimum Gasteiger partial charge on any atom is -0.342 e. The number of nitrogens with zero attached hydrogens (tertiary/aromatic N) is 2. The highest BCUT2D eigenvalue weighted by Crippen LogP contribution is 2.28. The van der Waals surface area contributed by atoms with E-state index in [4.69, 9.17) is 6.42 Å². The van der Waals surface area contributed by atoms with Crippen molar-refractivity contribution < 1.29 is 13.2 Å². The Balaban J connectivity index is 1.53. The van der Waals surface area contributed by atoms with Crippen LogP contribution in [0.15, 0.2) is 53.4 Å². The van der Waals surface area contributed by atoms with Crippen LogP contribution >= 0.6 is 0 Å². The Morgan fingerprint density at radius 1 is 1.27 bits per heavy atom. The summed E-state index contributed by atoms with van der Waals surface area (Å²) in [6.45, 7) is 1.05. The van der Waals surface area contributed by atoms with Crippen molar-refractivity contribution in [1.82, 2.24) is 19.6 Å². The molecule has 0 radical (unpaired) electrons. The van der Waals surface area contributed by atoms with Crippen molar-refractivity contribution in [2.24, 2.45) is 0 Å². The van der Waals surface area contributed by atoms with Crippen LogP contribution in [0, 0.1) is 12.3 Å². The van der Waals surface area contributed by atoms with Gasteiger partial charge in [-0.05, 0) is 43.2 Å². The molecule has 0 bridgehead atoms. The van der Waals surface area contributed by atoms with E-state index in [1.165, 1.54) is 12.1 Å². The highest BCUT2D eigenvalue weighted by Gasteiger charge is 2.28. The van der Waals surface area contributed by atoms with Crippen LogP contribution in [0.3, 0.4) is 0 Å². The highest BCUT2D eigenvalue weighted by atomic mass is 32.2. The summed E-state index contributed by atoms with van der Waals surface area (Å²) < 4.78 is 27.0. The quantitative estimate of drug-likeness (QED) is 0.618. The number of aromatic nitrogens is 2. The molecule has 0 saturated carbocycles. The van der Waals surface area contributed by atoms with E-state index >= 15 is 0 Å². The van der Waals surface area contributed by atoms with Crippen LogP contribution in [-0.2, 0) is 10.0 Å². The second-order valence-corrected chi connectivity index (χ2v) is 9.05. The third kappa shape index (κ3) is 4.08. The molecule has 3 aromatic rings. The van der Waals surface area contributed by atoms with E-state index in [0.29, 0.717) is 18.7 Å². The first-order chi connectivity index (χ1) is 14.5.